The van der Waals surface area contributed by atoms with Crippen LogP contribution in [0.1, 0.15) is 11.1 Å². The van der Waals surface area contributed by atoms with Crippen molar-refractivity contribution in [1.82, 2.24) is 10.2 Å². The van der Waals surface area contributed by atoms with Crippen molar-refractivity contribution in [2.75, 3.05) is 10.0 Å². The van der Waals surface area contributed by atoms with Crippen molar-refractivity contribution in [3.05, 3.63) is 70.7 Å². The van der Waals surface area contributed by atoms with Gasteiger partial charge in [-0.05, 0) is 55.3 Å². The fourth-order valence-corrected chi connectivity index (χ4v) is 3.80. The number of sulfonamides is 1. The van der Waals surface area contributed by atoms with Crippen LogP contribution in [-0.4, -0.2) is 18.6 Å². The minimum Gasteiger partial charge on any atom is -0.338 e. The van der Waals surface area contributed by atoms with Crippen molar-refractivity contribution in [2.24, 2.45) is 0 Å². The maximum Gasteiger partial charge on any atom is 0.263 e. The molecule has 2 aromatic carbocycles. The molecule has 0 aliphatic carbocycles. The largest absolute Gasteiger partial charge is 0.338 e. The Labute approximate surface area is 157 Å². The molecule has 0 saturated heterocycles. The van der Waals surface area contributed by atoms with Gasteiger partial charge in [0.25, 0.3) is 10.0 Å². The monoisotopic (exact) mass is 388 g/mol. The zero-order valence-electron chi connectivity index (χ0n) is 14.2. The molecule has 8 heteroatoms. The Hall–Kier alpha value is -2.64. The maximum atomic E-state index is 12.5. The number of aromatic nitrogens is 2. The molecule has 0 fully saturated rings. The van der Waals surface area contributed by atoms with E-state index in [4.69, 9.17) is 11.6 Å². The molecule has 6 nitrogen and oxygen atoms in total. The molecule has 1 aromatic heterocycles. The van der Waals surface area contributed by atoms with Gasteiger partial charge < -0.3 is 5.32 Å². The third kappa shape index (κ3) is 3.95. The van der Waals surface area contributed by atoms with Crippen LogP contribution in [0.4, 0.5) is 17.3 Å². The molecule has 0 bridgehead atoms. The topological polar surface area (TPSA) is 84.0 Å². The number of aryl methyl sites for hydroxylation is 1. The van der Waals surface area contributed by atoms with E-state index in [-0.39, 0.29) is 10.7 Å². The van der Waals surface area contributed by atoms with Crippen LogP contribution >= 0.6 is 11.6 Å². The van der Waals surface area contributed by atoms with E-state index in [9.17, 15) is 8.42 Å². The zero-order chi connectivity index (χ0) is 18.7. The Morgan fingerprint density at radius 2 is 1.58 bits per heavy atom. The lowest BCUT2D eigenvalue weighted by Crippen LogP contribution is -2.15. The zero-order valence-corrected chi connectivity index (χ0v) is 15.8. The summed E-state index contributed by atoms with van der Waals surface area (Å²) in [5.41, 5.74) is 2.35. The number of rotatable bonds is 5. The van der Waals surface area contributed by atoms with Gasteiger partial charge in [-0.1, -0.05) is 35.9 Å². The summed E-state index contributed by atoms with van der Waals surface area (Å²) >= 11 is 6.10. The number of nitrogens with zero attached hydrogens (tertiary/aromatic N) is 2. The van der Waals surface area contributed by atoms with Gasteiger partial charge in [0.15, 0.2) is 11.6 Å². The van der Waals surface area contributed by atoms with Gasteiger partial charge in [-0.25, -0.2) is 8.42 Å². The van der Waals surface area contributed by atoms with E-state index < -0.39 is 10.0 Å². The summed E-state index contributed by atoms with van der Waals surface area (Å²) in [5, 5.41) is 11.7. The summed E-state index contributed by atoms with van der Waals surface area (Å²) in [6.07, 6.45) is 0. The molecule has 1 heterocycles. The Bertz CT molecular complexity index is 1040. The highest BCUT2D eigenvalue weighted by Crippen LogP contribution is 2.25. The second-order valence-corrected chi connectivity index (χ2v) is 7.77. The summed E-state index contributed by atoms with van der Waals surface area (Å²) in [5.74, 6) is 0.621. The molecule has 0 unspecified atom stereocenters. The van der Waals surface area contributed by atoms with Crippen LogP contribution in [0, 0.1) is 13.8 Å². The second-order valence-electron chi connectivity index (χ2n) is 5.71. The molecule has 0 radical (unpaired) electrons. The molecule has 0 spiro atoms. The molecule has 0 atom stereocenters. The number of nitrogens with one attached hydrogen (secondary N) is 2. The first kappa shape index (κ1) is 18.2. The Kier molecular flexibility index (Phi) is 5.11. The highest BCUT2D eigenvalue weighted by molar-refractivity contribution is 7.92. The fourth-order valence-electron chi connectivity index (χ4n) is 2.38. The van der Waals surface area contributed by atoms with E-state index in [0.717, 1.165) is 11.3 Å². The first-order valence-electron chi connectivity index (χ1n) is 7.81. The normalized spacial score (nSPS) is 11.2. The maximum absolute atomic E-state index is 12.5. The molecule has 3 rings (SSSR count). The van der Waals surface area contributed by atoms with E-state index >= 15 is 0 Å². The molecule has 0 saturated carbocycles. The molecule has 134 valence electrons. The highest BCUT2D eigenvalue weighted by Gasteiger charge is 2.17. The second kappa shape index (κ2) is 7.31. The molecular formula is C18H17ClN4O2S. The van der Waals surface area contributed by atoms with Crippen LogP contribution in [0.15, 0.2) is 59.5 Å². The van der Waals surface area contributed by atoms with Gasteiger partial charge in [-0.3, -0.25) is 4.72 Å². The van der Waals surface area contributed by atoms with Gasteiger partial charge in [0.05, 0.1) is 4.90 Å². The first-order valence-corrected chi connectivity index (χ1v) is 9.67. The average Bonchev–Trinajstić information content (AvgIpc) is 2.60. The number of anilines is 3. The smallest absolute Gasteiger partial charge is 0.263 e. The quantitative estimate of drug-likeness (QED) is 0.681. The summed E-state index contributed by atoms with van der Waals surface area (Å²) in [4.78, 5) is 0.207. The summed E-state index contributed by atoms with van der Waals surface area (Å²) < 4.78 is 27.4. The van der Waals surface area contributed by atoms with Gasteiger partial charge in [0.1, 0.15) is 0 Å². The summed E-state index contributed by atoms with van der Waals surface area (Å²) in [6.45, 7) is 3.63. The van der Waals surface area contributed by atoms with Gasteiger partial charge in [0, 0.05) is 10.7 Å². The SMILES string of the molecule is Cc1ccccc1S(=O)(=O)Nc1ccc(Nc2cccc(Cl)c2C)nn1. The number of halogens is 1. The van der Waals surface area contributed by atoms with Crippen LogP contribution in [0.5, 0.6) is 0 Å². The van der Waals surface area contributed by atoms with Crippen molar-refractivity contribution in [3.8, 4) is 0 Å². The minimum absolute atomic E-state index is 0.140. The molecule has 3 aromatic rings. The minimum atomic E-state index is -3.72. The Morgan fingerprint density at radius 3 is 2.27 bits per heavy atom. The lowest BCUT2D eigenvalue weighted by molar-refractivity contribution is 0.600. The predicted octanol–water partition coefficient (Wildman–Crippen LogP) is 4.29. The van der Waals surface area contributed by atoms with Crippen LogP contribution in [0.25, 0.3) is 0 Å². The van der Waals surface area contributed by atoms with Crippen molar-refractivity contribution in [3.63, 3.8) is 0 Å². The Morgan fingerprint density at radius 1 is 0.885 bits per heavy atom. The van der Waals surface area contributed by atoms with Gasteiger partial charge in [0.2, 0.25) is 0 Å². The first-order chi connectivity index (χ1) is 12.4. The van der Waals surface area contributed by atoms with E-state index in [1.807, 2.05) is 19.1 Å². The predicted molar refractivity (Wildman–Crippen MR) is 103 cm³/mol. The lowest BCUT2D eigenvalue weighted by atomic mass is 10.2. The lowest BCUT2D eigenvalue weighted by Gasteiger charge is -2.11. The summed E-state index contributed by atoms with van der Waals surface area (Å²) in [7, 11) is -3.72. The molecule has 2 N–H and O–H groups in total. The van der Waals surface area contributed by atoms with Crippen LogP contribution < -0.4 is 10.0 Å². The Balaban J connectivity index is 1.78. The van der Waals surface area contributed by atoms with Crippen molar-refractivity contribution in [2.45, 2.75) is 18.7 Å². The molecule has 0 amide bonds. The van der Waals surface area contributed by atoms with Gasteiger partial charge in [-0.15, -0.1) is 10.2 Å². The number of benzene rings is 2. The van der Waals surface area contributed by atoms with E-state index in [1.165, 1.54) is 0 Å². The van der Waals surface area contributed by atoms with Crippen LogP contribution in [0.2, 0.25) is 5.02 Å². The van der Waals surface area contributed by atoms with E-state index in [2.05, 4.69) is 20.2 Å². The van der Waals surface area contributed by atoms with Crippen molar-refractivity contribution >= 4 is 38.9 Å². The third-order valence-electron chi connectivity index (χ3n) is 3.82. The van der Waals surface area contributed by atoms with E-state index in [1.54, 1.807) is 49.4 Å². The fraction of sp³-hybridized carbons (Fsp3) is 0.111. The standard InChI is InChI=1S/C18H17ClN4O2S/c1-12-6-3-4-9-16(12)26(24,25)23-18-11-10-17(21-22-18)20-15-8-5-7-14(19)13(15)2/h3-11H,1-2H3,(H,20,21)(H,22,23). The van der Waals surface area contributed by atoms with Crippen molar-refractivity contribution in [1.29, 1.82) is 0 Å². The molecule has 0 aliphatic heterocycles. The molecule has 0 aliphatic rings. The van der Waals surface area contributed by atoms with Crippen LogP contribution in [-0.2, 0) is 10.0 Å². The highest BCUT2D eigenvalue weighted by atomic mass is 35.5. The number of hydrogen-bond donors (Lipinski definition) is 2. The third-order valence-corrected chi connectivity index (χ3v) is 5.74. The van der Waals surface area contributed by atoms with Crippen LogP contribution in [0.3, 0.4) is 0 Å². The molecule has 26 heavy (non-hydrogen) atoms. The van der Waals surface area contributed by atoms with E-state index in [0.29, 0.717) is 16.4 Å². The summed E-state index contributed by atoms with van der Waals surface area (Å²) in [6, 6.07) is 15.4. The van der Waals surface area contributed by atoms with Gasteiger partial charge in [-0.2, -0.15) is 0 Å². The molecular weight excluding hydrogens is 372 g/mol. The number of hydrogen-bond acceptors (Lipinski definition) is 5. The average molecular weight is 389 g/mol. The van der Waals surface area contributed by atoms with Crippen molar-refractivity contribution < 1.29 is 8.42 Å². The van der Waals surface area contributed by atoms with Gasteiger partial charge >= 0.3 is 0 Å².